The van der Waals surface area contributed by atoms with Crippen molar-refractivity contribution in [1.29, 1.82) is 0 Å². The molecule has 1 rings (SSSR count). The molecule has 0 radical (unpaired) electrons. The fourth-order valence-electron chi connectivity index (χ4n) is 2.06. The van der Waals surface area contributed by atoms with Crippen LogP contribution in [0.3, 0.4) is 0 Å². The first-order valence-corrected chi connectivity index (χ1v) is 6.60. The van der Waals surface area contributed by atoms with Crippen LogP contribution in [-0.2, 0) is 0 Å². The Hall–Kier alpha value is -1.00. The van der Waals surface area contributed by atoms with E-state index in [1.165, 1.54) is 6.07 Å². The van der Waals surface area contributed by atoms with Crippen molar-refractivity contribution in [3.8, 4) is 0 Å². The van der Waals surface area contributed by atoms with E-state index in [-0.39, 0.29) is 11.7 Å². The van der Waals surface area contributed by atoms with Crippen molar-refractivity contribution in [2.24, 2.45) is 5.92 Å². The number of halogens is 1. The zero-order chi connectivity index (χ0) is 13.5. The summed E-state index contributed by atoms with van der Waals surface area (Å²) in [7, 11) is 0. The van der Waals surface area contributed by atoms with Gasteiger partial charge in [-0.3, -0.25) is 4.98 Å². The maximum absolute atomic E-state index is 12.8. The molecule has 102 valence electrons. The Kier molecular flexibility index (Phi) is 6.22. The Balaban J connectivity index is 2.59. The number of hydrogen-bond acceptors (Lipinski definition) is 3. The maximum atomic E-state index is 12.8. The number of pyridine rings is 1. The van der Waals surface area contributed by atoms with E-state index in [9.17, 15) is 9.50 Å². The molecular formula is C14H23FN2O. The quantitative estimate of drug-likeness (QED) is 0.812. The van der Waals surface area contributed by atoms with Crippen molar-refractivity contribution in [2.75, 3.05) is 19.6 Å². The number of aromatic nitrogens is 1. The third-order valence-electron chi connectivity index (χ3n) is 3.13. The van der Waals surface area contributed by atoms with Crippen LogP contribution >= 0.6 is 0 Å². The van der Waals surface area contributed by atoms with Gasteiger partial charge in [0.05, 0.1) is 18.0 Å². The van der Waals surface area contributed by atoms with Crippen LogP contribution in [0.2, 0.25) is 0 Å². The van der Waals surface area contributed by atoms with Crippen LogP contribution < -0.4 is 0 Å². The molecule has 1 aromatic heterocycles. The van der Waals surface area contributed by atoms with E-state index in [2.05, 4.69) is 23.7 Å². The number of aliphatic hydroxyl groups excluding tert-OH is 1. The highest BCUT2D eigenvalue weighted by molar-refractivity contribution is 5.08. The predicted molar refractivity (Wildman–Crippen MR) is 70.7 cm³/mol. The Bertz CT molecular complexity index is 342. The molecule has 2 unspecified atom stereocenters. The fourth-order valence-corrected chi connectivity index (χ4v) is 2.06. The van der Waals surface area contributed by atoms with Gasteiger partial charge in [-0.25, -0.2) is 4.39 Å². The number of rotatable bonds is 7. The molecule has 1 heterocycles. The van der Waals surface area contributed by atoms with Crippen LogP contribution in [0.15, 0.2) is 18.3 Å². The minimum Gasteiger partial charge on any atom is -0.386 e. The molecule has 2 atom stereocenters. The molecule has 0 aromatic carbocycles. The third-order valence-corrected chi connectivity index (χ3v) is 3.13. The topological polar surface area (TPSA) is 36.4 Å². The first-order valence-electron chi connectivity index (χ1n) is 6.60. The highest BCUT2D eigenvalue weighted by atomic mass is 19.1. The summed E-state index contributed by atoms with van der Waals surface area (Å²) < 4.78 is 12.8. The van der Waals surface area contributed by atoms with Gasteiger partial charge in [0.15, 0.2) is 0 Å². The number of nitrogens with zero attached hydrogens (tertiary/aromatic N) is 2. The molecule has 0 fully saturated rings. The van der Waals surface area contributed by atoms with Gasteiger partial charge in [0.25, 0.3) is 0 Å². The van der Waals surface area contributed by atoms with Crippen LogP contribution in [0.4, 0.5) is 4.39 Å². The smallest absolute Gasteiger partial charge is 0.141 e. The molecule has 18 heavy (non-hydrogen) atoms. The lowest BCUT2D eigenvalue weighted by Crippen LogP contribution is -2.31. The van der Waals surface area contributed by atoms with Gasteiger partial charge in [0.1, 0.15) is 5.82 Å². The Morgan fingerprint density at radius 3 is 2.61 bits per heavy atom. The van der Waals surface area contributed by atoms with Crippen LogP contribution in [0.1, 0.15) is 39.0 Å². The molecule has 0 spiro atoms. The first-order chi connectivity index (χ1) is 8.58. The van der Waals surface area contributed by atoms with E-state index in [4.69, 9.17) is 0 Å². The van der Waals surface area contributed by atoms with Crippen LogP contribution in [0.25, 0.3) is 0 Å². The van der Waals surface area contributed by atoms with Gasteiger partial charge in [-0.1, -0.05) is 20.8 Å². The average Bonchev–Trinajstić information content (AvgIpc) is 2.38. The SMILES string of the molecule is CCCN(CC)CC(C)C(O)c1ccc(F)cn1. The van der Waals surface area contributed by atoms with Gasteiger partial charge in [-0.05, 0) is 31.6 Å². The molecule has 0 aliphatic carbocycles. The second kappa shape index (κ2) is 7.44. The van der Waals surface area contributed by atoms with Crippen molar-refractivity contribution < 1.29 is 9.50 Å². The monoisotopic (exact) mass is 254 g/mol. The van der Waals surface area contributed by atoms with Gasteiger partial charge in [0, 0.05) is 12.5 Å². The van der Waals surface area contributed by atoms with Crippen molar-refractivity contribution in [3.05, 3.63) is 29.8 Å². The Labute approximate surface area is 109 Å². The highest BCUT2D eigenvalue weighted by Gasteiger charge is 2.19. The van der Waals surface area contributed by atoms with Crippen molar-refractivity contribution in [3.63, 3.8) is 0 Å². The molecule has 1 N–H and O–H groups in total. The van der Waals surface area contributed by atoms with E-state index in [0.717, 1.165) is 32.3 Å². The summed E-state index contributed by atoms with van der Waals surface area (Å²) in [4.78, 5) is 6.24. The summed E-state index contributed by atoms with van der Waals surface area (Å²) in [6.07, 6.45) is 1.61. The summed E-state index contributed by atoms with van der Waals surface area (Å²) in [6.45, 7) is 9.08. The van der Waals surface area contributed by atoms with Crippen LogP contribution in [0, 0.1) is 11.7 Å². The summed E-state index contributed by atoms with van der Waals surface area (Å²) in [5.41, 5.74) is 0.538. The van der Waals surface area contributed by atoms with Crippen molar-refractivity contribution in [2.45, 2.75) is 33.3 Å². The molecule has 0 bridgehead atoms. The third kappa shape index (κ3) is 4.35. The summed E-state index contributed by atoms with van der Waals surface area (Å²) in [5, 5.41) is 10.2. The largest absolute Gasteiger partial charge is 0.386 e. The van der Waals surface area contributed by atoms with E-state index in [1.54, 1.807) is 6.07 Å². The predicted octanol–water partition coefficient (Wildman–Crippen LogP) is 2.62. The van der Waals surface area contributed by atoms with E-state index >= 15 is 0 Å². The minimum atomic E-state index is -0.642. The lowest BCUT2D eigenvalue weighted by molar-refractivity contribution is 0.0860. The molecular weight excluding hydrogens is 231 g/mol. The maximum Gasteiger partial charge on any atom is 0.141 e. The van der Waals surface area contributed by atoms with E-state index < -0.39 is 6.10 Å². The molecule has 1 aromatic rings. The molecule has 4 heteroatoms. The zero-order valence-corrected chi connectivity index (χ0v) is 11.4. The van der Waals surface area contributed by atoms with Gasteiger partial charge in [0.2, 0.25) is 0 Å². The molecule has 0 saturated heterocycles. The molecule has 0 amide bonds. The summed E-state index contributed by atoms with van der Waals surface area (Å²) in [6, 6.07) is 2.88. The Morgan fingerprint density at radius 2 is 2.11 bits per heavy atom. The molecule has 0 aliphatic rings. The summed E-state index contributed by atoms with van der Waals surface area (Å²) in [5.74, 6) is -0.297. The normalized spacial score (nSPS) is 14.8. The number of aliphatic hydroxyl groups is 1. The van der Waals surface area contributed by atoms with Crippen molar-refractivity contribution in [1.82, 2.24) is 9.88 Å². The Morgan fingerprint density at radius 1 is 1.39 bits per heavy atom. The van der Waals surface area contributed by atoms with E-state index in [1.807, 2.05) is 6.92 Å². The molecule has 3 nitrogen and oxygen atoms in total. The lowest BCUT2D eigenvalue weighted by atomic mass is 10.0. The van der Waals surface area contributed by atoms with Gasteiger partial charge in [-0.15, -0.1) is 0 Å². The fraction of sp³-hybridized carbons (Fsp3) is 0.643. The second-order valence-corrected chi connectivity index (χ2v) is 4.72. The first kappa shape index (κ1) is 15.1. The number of hydrogen-bond donors (Lipinski definition) is 1. The molecule has 0 aliphatic heterocycles. The molecule has 0 saturated carbocycles. The minimum absolute atomic E-state index is 0.0782. The van der Waals surface area contributed by atoms with Gasteiger partial charge >= 0.3 is 0 Å². The van der Waals surface area contributed by atoms with Crippen LogP contribution in [-0.4, -0.2) is 34.6 Å². The highest BCUT2D eigenvalue weighted by Crippen LogP contribution is 2.21. The van der Waals surface area contributed by atoms with Crippen LogP contribution in [0.5, 0.6) is 0 Å². The van der Waals surface area contributed by atoms with Gasteiger partial charge in [-0.2, -0.15) is 0 Å². The summed E-state index contributed by atoms with van der Waals surface area (Å²) >= 11 is 0. The van der Waals surface area contributed by atoms with Gasteiger partial charge < -0.3 is 10.0 Å². The van der Waals surface area contributed by atoms with Crippen molar-refractivity contribution >= 4 is 0 Å². The second-order valence-electron chi connectivity index (χ2n) is 4.72. The average molecular weight is 254 g/mol. The standard InChI is InChI=1S/C14H23FN2O/c1-4-8-17(5-2)10-11(3)14(18)13-7-6-12(15)9-16-13/h6-7,9,11,14,18H,4-5,8,10H2,1-3H3. The van der Waals surface area contributed by atoms with E-state index in [0.29, 0.717) is 5.69 Å². The lowest BCUT2D eigenvalue weighted by Gasteiger charge is -2.26. The zero-order valence-electron chi connectivity index (χ0n) is 11.4.